The molecule has 1 aliphatic carbocycles. The zero-order valence-electron chi connectivity index (χ0n) is 11.4. The minimum Gasteiger partial charge on any atom is -0.305 e. The number of carbonyl (C=O) groups is 2. The van der Waals surface area contributed by atoms with Gasteiger partial charge in [-0.2, -0.15) is 0 Å². The van der Waals surface area contributed by atoms with E-state index in [1.54, 1.807) is 12.1 Å². The number of halogens is 2. The normalized spacial score (nSPS) is 22.2. The Morgan fingerprint density at radius 1 is 1.24 bits per heavy atom. The maximum absolute atomic E-state index is 12.2. The Morgan fingerprint density at radius 2 is 2.00 bits per heavy atom. The van der Waals surface area contributed by atoms with Gasteiger partial charge in [-0.05, 0) is 43.5 Å². The number of benzene rings is 1. The van der Waals surface area contributed by atoms with E-state index >= 15 is 0 Å². The largest absolute Gasteiger partial charge is 0.305 e. The molecule has 2 fully saturated rings. The first-order valence-corrected chi connectivity index (χ1v) is 7.85. The van der Waals surface area contributed by atoms with Crippen LogP contribution in [0.4, 0.5) is 0 Å². The SMILES string of the molecule is O=C1CC(NCCc2ccc(Cl)cc2Cl)C(=O)N1C1CC1. The molecule has 1 N–H and O–H groups in total. The van der Waals surface area contributed by atoms with Crippen molar-refractivity contribution in [2.45, 2.75) is 37.8 Å². The summed E-state index contributed by atoms with van der Waals surface area (Å²) >= 11 is 12.0. The lowest BCUT2D eigenvalue weighted by atomic mass is 10.1. The summed E-state index contributed by atoms with van der Waals surface area (Å²) in [6, 6.07) is 5.15. The van der Waals surface area contributed by atoms with Crippen LogP contribution in [-0.4, -0.2) is 35.3 Å². The molecular weight excluding hydrogens is 311 g/mol. The van der Waals surface area contributed by atoms with Crippen LogP contribution in [0.5, 0.6) is 0 Å². The van der Waals surface area contributed by atoms with Crippen LogP contribution in [0.15, 0.2) is 18.2 Å². The number of imide groups is 1. The second-order valence-electron chi connectivity index (χ2n) is 5.53. The summed E-state index contributed by atoms with van der Waals surface area (Å²) in [5, 5.41) is 4.39. The van der Waals surface area contributed by atoms with Crippen molar-refractivity contribution in [2.24, 2.45) is 0 Å². The summed E-state index contributed by atoms with van der Waals surface area (Å²) in [6.07, 6.45) is 2.86. The number of likely N-dealkylation sites (tertiary alicyclic amines) is 1. The van der Waals surface area contributed by atoms with Gasteiger partial charge in [0.05, 0.1) is 12.5 Å². The zero-order chi connectivity index (χ0) is 15.0. The standard InChI is InChI=1S/C15H16Cl2N2O2/c16-10-2-1-9(12(17)7-10)5-6-18-13-8-14(20)19(15(13)21)11-3-4-11/h1-2,7,11,13,18H,3-6,8H2. The molecule has 1 aliphatic heterocycles. The molecule has 4 nitrogen and oxygen atoms in total. The molecule has 1 heterocycles. The summed E-state index contributed by atoms with van der Waals surface area (Å²) in [5.74, 6) is -0.130. The first kappa shape index (κ1) is 14.8. The Labute approximate surface area is 133 Å². The van der Waals surface area contributed by atoms with Gasteiger partial charge in [-0.15, -0.1) is 0 Å². The maximum Gasteiger partial charge on any atom is 0.247 e. The molecule has 0 aromatic heterocycles. The van der Waals surface area contributed by atoms with Crippen LogP contribution in [0, 0.1) is 0 Å². The van der Waals surface area contributed by atoms with Crippen molar-refractivity contribution in [1.82, 2.24) is 10.2 Å². The number of amides is 2. The van der Waals surface area contributed by atoms with Gasteiger partial charge in [0.25, 0.3) is 0 Å². The van der Waals surface area contributed by atoms with E-state index in [9.17, 15) is 9.59 Å². The van der Waals surface area contributed by atoms with E-state index in [0.717, 1.165) is 18.4 Å². The van der Waals surface area contributed by atoms with Gasteiger partial charge < -0.3 is 5.32 Å². The molecule has 1 saturated carbocycles. The number of nitrogens with one attached hydrogen (secondary N) is 1. The van der Waals surface area contributed by atoms with E-state index < -0.39 is 0 Å². The van der Waals surface area contributed by atoms with Crippen molar-refractivity contribution in [3.8, 4) is 0 Å². The Balaban J connectivity index is 1.53. The third-order valence-corrected chi connectivity index (χ3v) is 4.48. The smallest absolute Gasteiger partial charge is 0.247 e. The molecule has 1 aromatic carbocycles. The number of nitrogens with zero attached hydrogens (tertiary/aromatic N) is 1. The van der Waals surface area contributed by atoms with Gasteiger partial charge in [0, 0.05) is 16.1 Å². The minimum absolute atomic E-state index is 0.0514. The van der Waals surface area contributed by atoms with Crippen molar-refractivity contribution in [3.05, 3.63) is 33.8 Å². The Hall–Kier alpha value is -1.10. The van der Waals surface area contributed by atoms with Crippen LogP contribution < -0.4 is 5.32 Å². The predicted octanol–water partition coefficient (Wildman–Crippen LogP) is 2.42. The van der Waals surface area contributed by atoms with Crippen molar-refractivity contribution in [3.63, 3.8) is 0 Å². The van der Waals surface area contributed by atoms with E-state index in [2.05, 4.69) is 5.32 Å². The molecule has 1 saturated heterocycles. The number of hydrogen-bond acceptors (Lipinski definition) is 3. The Kier molecular flexibility index (Phi) is 4.20. The second kappa shape index (κ2) is 5.95. The first-order valence-electron chi connectivity index (χ1n) is 7.09. The highest BCUT2D eigenvalue weighted by molar-refractivity contribution is 6.35. The molecule has 6 heteroatoms. The topological polar surface area (TPSA) is 49.4 Å². The summed E-state index contributed by atoms with van der Waals surface area (Å²) in [4.78, 5) is 25.4. The van der Waals surface area contributed by atoms with E-state index in [1.165, 1.54) is 4.90 Å². The predicted molar refractivity (Wildman–Crippen MR) is 81.4 cm³/mol. The fourth-order valence-corrected chi connectivity index (χ4v) is 3.14. The molecule has 2 amide bonds. The van der Waals surface area contributed by atoms with Crippen LogP contribution in [0.3, 0.4) is 0 Å². The lowest BCUT2D eigenvalue weighted by Crippen LogP contribution is -2.40. The summed E-state index contributed by atoms with van der Waals surface area (Å²) in [7, 11) is 0. The van der Waals surface area contributed by atoms with Crippen molar-refractivity contribution in [1.29, 1.82) is 0 Å². The van der Waals surface area contributed by atoms with Crippen molar-refractivity contribution >= 4 is 35.0 Å². The van der Waals surface area contributed by atoms with E-state index in [0.29, 0.717) is 23.0 Å². The molecule has 0 radical (unpaired) electrons. The average molecular weight is 327 g/mol. The zero-order valence-corrected chi connectivity index (χ0v) is 13.0. The molecule has 1 unspecified atom stereocenters. The van der Waals surface area contributed by atoms with Crippen molar-refractivity contribution < 1.29 is 9.59 Å². The van der Waals surface area contributed by atoms with Gasteiger partial charge in [-0.3, -0.25) is 14.5 Å². The highest BCUT2D eigenvalue weighted by Crippen LogP contribution is 2.31. The van der Waals surface area contributed by atoms with E-state index in [-0.39, 0.29) is 30.3 Å². The summed E-state index contributed by atoms with van der Waals surface area (Å²) in [5.41, 5.74) is 0.976. The van der Waals surface area contributed by atoms with Gasteiger partial charge in [-0.1, -0.05) is 29.3 Å². The molecule has 1 atom stereocenters. The Bertz CT molecular complexity index is 587. The number of hydrogen-bond donors (Lipinski definition) is 1. The molecule has 2 aliphatic rings. The molecular formula is C15H16Cl2N2O2. The van der Waals surface area contributed by atoms with E-state index in [1.807, 2.05) is 6.07 Å². The minimum atomic E-state index is -0.385. The number of rotatable bonds is 5. The molecule has 21 heavy (non-hydrogen) atoms. The highest BCUT2D eigenvalue weighted by atomic mass is 35.5. The lowest BCUT2D eigenvalue weighted by molar-refractivity contribution is -0.139. The average Bonchev–Trinajstić information content (AvgIpc) is 3.20. The highest BCUT2D eigenvalue weighted by Gasteiger charge is 2.45. The molecule has 1 aromatic rings. The van der Waals surface area contributed by atoms with E-state index in [4.69, 9.17) is 23.2 Å². The Morgan fingerprint density at radius 3 is 2.67 bits per heavy atom. The van der Waals surface area contributed by atoms with Crippen LogP contribution in [0.2, 0.25) is 10.0 Å². The number of carbonyl (C=O) groups excluding carboxylic acids is 2. The maximum atomic E-state index is 12.2. The summed E-state index contributed by atoms with van der Waals surface area (Å²) < 4.78 is 0. The molecule has 0 spiro atoms. The van der Waals surface area contributed by atoms with Crippen LogP contribution in [0.1, 0.15) is 24.8 Å². The van der Waals surface area contributed by atoms with Gasteiger partial charge in [0.2, 0.25) is 11.8 Å². The fraction of sp³-hybridized carbons (Fsp3) is 0.467. The lowest BCUT2D eigenvalue weighted by Gasteiger charge is -2.14. The van der Waals surface area contributed by atoms with Crippen LogP contribution in [-0.2, 0) is 16.0 Å². The second-order valence-corrected chi connectivity index (χ2v) is 6.37. The van der Waals surface area contributed by atoms with Gasteiger partial charge in [-0.25, -0.2) is 0 Å². The van der Waals surface area contributed by atoms with Crippen LogP contribution in [0.25, 0.3) is 0 Å². The third kappa shape index (κ3) is 3.23. The molecule has 3 rings (SSSR count). The molecule has 112 valence electrons. The summed E-state index contributed by atoms with van der Waals surface area (Å²) in [6.45, 7) is 0.601. The molecule has 0 bridgehead atoms. The quantitative estimate of drug-likeness (QED) is 0.845. The van der Waals surface area contributed by atoms with Gasteiger partial charge in [0.15, 0.2) is 0 Å². The first-order chi connectivity index (χ1) is 10.1. The van der Waals surface area contributed by atoms with Crippen molar-refractivity contribution in [2.75, 3.05) is 6.54 Å². The van der Waals surface area contributed by atoms with Gasteiger partial charge in [0.1, 0.15) is 0 Å². The fourth-order valence-electron chi connectivity index (χ4n) is 2.63. The van der Waals surface area contributed by atoms with Crippen LogP contribution >= 0.6 is 23.2 Å². The third-order valence-electron chi connectivity index (χ3n) is 3.90. The van der Waals surface area contributed by atoms with Gasteiger partial charge >= 0.3 is 0 Å². The monoisotopic (exact) mass is 326 g/mol.